The molecule has 5 aromatic carbocycles. The lowest BCUT2D eigenvalue weighted by molar-refractivity contribution is 0.122. The number of hydrogen-bond donors (Lipinski definition) is 5. The highest BCUT2D eigenvalue weighted by atomic mass is 35.5. The average Bonchev–Trinajstić information content (AvgIpc) is 3.20. The van der Waals surface area contributed by atoms with Crippen molar-refractivity contribution in [2.45, 2.75) is 26.5 Å². The van der Waals surface area contributed by atoms with E-state index in [1.54, 1.807) is 6.92 Å². The molecule has 0 aliphatic carbocycles. The number of nitrogens with one attached hydrogen (secondary N) is 1. The molecule has 63 heavy (non-hydrogen) atoms. The third kappa shape index (κ3) is 9.86. The molecule has 0 bridgehead atoms. The zero-order chi connectivity index (χ0) is 45.6. The number of benzene rings is 5. The van der Waals surface area contributed by atoms with Crippen LogP contribution in [0.15, 0.2) is 107 Å². The minimum Gasteiger partial charge on any atom is -0.494 e. The van der Waals surface area contributed by atoms with E-state index >= 15 is 0 Å². The molecule has 5 N–H and O–H groups in total. The van der Waals surface area contributed by atoms with E-state index in [0.717, 1.165) is 6.07 Å². The Morgan fingerprint density at radius 1 is 0.683 bits per heavy atom. The number of methoxy groups -OCH3 is 1. The molecule has 28 heteroatoms. The zero-order valence-electron chi connectivity index (χ0n) is 32.1. The minimum absolute atomic E-state index is 0.000319. The van der Waals surface area contributed by atoms with Gasteiger partial charge in [-0.3, -0.25) is 18.2 Å². The topological polar surface area (TPSA) is 339 Å². The predicted octanol–water partition coefficient (Wildman–Crippen LogP) is 6.55. The van der Waals surface area contributed by atoms with Crippen molar-refractivity contribution in [1.29, 1.82) is 0 Å². The number of azo groups is 2. The Labute approximate surface area is 362 Å². The van der Waals surface area contributed by atoms with E-state index in [1.165, 1.54) is 49.6 Å². The van der Waals surface area contributed by atoms with Gasteiger partial charge in [0.1, 0.15) is 31.8 Å². The fourth-order valence-electron chi connectivity index (χ4n) is 6.38. The second-order valence-electron chi connectivity index (χ2n) is 13.3. The van der Waals surface area contributed by atoms with E-state index < -0.39 is 76.5 Å². The Bertz CT molecular complexity index is 3390. The van der Waals surface area contributed by atoms with Crippen molar-refractivity contribution in [1.82, 2.24) is 15.0 Å². The van der Waals surface area contributed by atoms with Crippen LogP contribution in [-0.4, -0.2) is 100 Å². The van der Waals surface area contributed by atoms with E-state index in [9.17, 15) is 51.9 Å². The fraction of sp³-hybridized carbons (Fsp3) is 0.171. The summed E-state index contributed by atoms with van der Waals surface area (Å²) in [5.41, 5.74) is 0.136. The van der Waals surface area contributed by atoms with Gasteiger partial charge >= 0.3 is 0 Å². The van der Waals surface area contributed by atoms with E-state index in [2.05, 4.69) is 40.7 Å². The summed E-state index contributed by atoms with van der Waals surface area (Å²) in [5, 5.41) is 18.8. The summed E-state index contributed by atoms with van der Waals surface area (Å²) in [6, 6.07) is 12.5. The molecular formula is C35H30ClN9O14S4. The number of ether oxygens (including phenoxy) is 2. The Balaban J connectivity index is 1.27. The first-order chi connectivity index (χ1) is 29.5. The lowest BCUT2D eigenvalue weighted by Crippen LogP contribution is -2.37. The summed E-state index contributed by atoms with van der Waals surface area (Å²) >= 11 is 6.23. The first-order valence-corrected chi connectivity index (χ1v) is 23.8. The van der Waals surface area contributed by atoms with Crippen LogP contribution in [0.4, 0.5) is 40.3 Å². The molecule has 0 atom stereocenters. The largest absolute Gasteiger partial charge is 0.494 e. The maximum absolute atomic E-state index is 12.6. The number of aryl methyl sites for hydroxylation is 1. The average molecular weight is 964 g/mol. The molecule has 330 valence electrons. The van der Waals surface area contributed by atoms with Crippen molar-refractivity contribution in [3.63, 3.8) is 0 Å². The van der Waals surface area contributed by atoms with E-state index in [4.69, 9.17) is 21.1 Å². The third-order valence-corrected chi connectivity index (χ3v) is 12.9. The van der Waals surface area contributed by atoms with Crippen molar-refractivity contribution in [3.05, 3.63) is 77.6 Å². The van der Waals surface area contributed by atoms with Crippen LogP contribution in [0.1, 0.15) is 5.56 Å². The molecule has 1 aromatic heterocycles. The maximum atomic E-state index is 12.6. The monoisotopic (exact) mass is 963 g/mol. The summed E-state index contributed by atoms with van der Waals surface area (Å²) in [5.74, 6) is 0.274. The third-order valence-electron chi connectivity index (χ3n) is 9.24. The summed E-state index contributed by atoms with van der Waals surface area (Å²) < 4.78 is 149. The number of morpholine rings is 1. The van der Waals surface area contributed by atoms with Gasteiger partial charge in [-0.2, -0.15) is 53.7 Å². The highest BCUT2D eigenvalue weighted by molar-refractivity contribution is 7.87. The van der Waals surface area contributed by atoms with Crippen LogP contribution in [0.3, 0.4) is 0 Å². The van der Waals surface area contributed by atoms with Gasteiger partial charge in [0.05, 0.1) is 42.3 Å². The molecule has 6 aromatic rings. The molecule has 0 spiro atoms. The van der Waals surface area contributed by atoms with E-state index in [0.29, 0.717) is 50.1 Å². The predicted molar refractivity (Wildman–Crippen MR) is 224 cm³/mol. The number of anilines is 3. The zero-order valence-corrected chi connectivity index (χ0v) is 36.2. The van der Waals surface area contributed by atoms with Crippen LogP contribution in [0.2, 0.25) is 5.28 Å². The van der Waals surface area contributed by atoms with Crippen LogP contribution < -0.4 is 15.0 Å². The summed E-state index contributed by atoms with van der Waals surface area (Å²) in [6.07, 6.45) is 0. The molecule has 1 saturated heterocycles. The quantitative estimate of drug-likeness (QED) is 0.0641. The summed E-state index contributed by atoms with van der Waals surface area (Å²) in [7, 11) is -18.9. The molecule has 0 amide bonds. The Morgan fingerprint density at radius 3 is 1.98 bits per heavy atom. The van der Waals surface area contributed by atoms with Crippen LogP contribution in [-0.2, 0) is 45.2 Å². The molecule has 23 nitrogen and oxygen atoms in total. The molecule has 1 aliphatic heterocycles. The van der Waals surface area contributed by atoms with Gasteiger partial charge < -0.3 is 19.7 Å². The summed E-state index contributed by atoms with van der Waals surface area (Å²) in [6.45, 7) is 3.42. The van der Waals surface area contributed by atoms with E-state index in [1.807, 2.05) is 4.90 Å². The lowest BCUT2D eigenvalue weighted by atomic mass is 10.1. The highest BCUT2D eigenvalue weighted by Crippen LogP contribution is 2.41. The molecule has 2 heterocycles. The standard InChI is InChI=1S/C35H30ClN9O14S4/c1-18-12-26(28(58-2)17-25(18)42-44-27-16-22-19(14-31(27)63(55,56)57)13-20(60(46,47)48)15-30(22)62(52,53)54)43-41-23-6-7-24(32-21(23)4-3-5-29(32)61(49,50)51)37-34-38-33(36)39-35(40-34)45-8-10-59-11-9-45/h3-7,12-17H,8-11H2,1-2H3,(H,46,47,48)(H,49,50,51)(H,52,53,54)(H,55,56,57)(H,37,38,39,40). The molecule has 0 unspecified atom stereocenters. The maximum Gasteiger partial charge on any atom is 0.296 e. The normalized spacial score (nSPS) is 14.3. The number of halogens is 1. The van der Waals surface area contributed by atoms with E-state index in [-0.39, 0.29) is 56.5 Å². The van der Waals surface area contributed by atoms with Gasteiger partial charge in [0.2, 0.25) is 17.2 Å². The summed E-state index contributed by atoms with van der Waals surface area (Å²) in [4.78, 5) is 11.1. The second kappa shape index (κ2) is 17.0. The SMILES string of the molecule is COc1cc(N=Nc2cc3c(S(=O)(=O)O)cc(S(=O)(=O)O)cc3cc2S(=O)(=O)O)c(C)cc1N=Nc1ccc(Nc2nc(Cl)nc(N3CCOCC3)n2)c2c(S(=O)(=O)O)cccc12. The van der Waals surface area contributed by atoms with Gasteiger partial charge in [0.15, 0.2) is 0 Å². The van der Waals surface area contributed by atoms with Crippen molar-refractivity contribution in [3.8, 4) is 5.75 Å². The van der Waals surface area contributed by atoms with Crippen LogP contribution >= 0.6 is 11.6 Å². The molecule has 1 fully saturated rings. The van der Waals surface area contributed by atoms with Crippen LogP contribution in [0, 0.1) is 6.92 Å². The fourth-order valence-corrected chi connectivity index (χ4v) is 9.25. The lowest BCUT2D eigenvalue weighted by Gasteiger charge is -2.26. The Hall–Kier alpha value is -5.88. The number of fused-ring (bicyclic) bond motifs is 2. The van der Waals surface area contributed by atoms with Gasteiger partial charge in [0, 0.05) is 35.3 Å². The van der Waals surface area contributed by atoms with Gasteiger partial charge in [-0.05, 0) is 78.0 Å². The van der Waals surface area contributed by atoms with Gasteiger partial charge in [-0.25, -0.2) is 0 Å². The van der Waals surface area contributed by atoms with Gasteiger partial charge in [-0.15, -0.1) is 15.3 Å². The van der Waals surface area contributed by atoms with Crippen molar-refractivity contribution in [2.75, 3.05) is 43.6 Å². The van der Waals surface area contributed by atoms with Crippen molar-refractivity contribution in [2.24, 2.45) is 20.5 Å². The Morgan fingerprint density at radius 2 is 1.33 bits per heavy atom. The number of hydrogen-bond acceptors (Lipinski definition) is 19. The van der Waals surface area contributed by atoms with Crippen LogP contribution in [0.5, 0.6) is 5.75 Å². The molecular weight excluding hydrogens is 934 g/mol. The molecule has 7 rings (SSSR count). The first-order valence-electron chi connectivity index (χ1n) is 17.6. The van der Waals surface area contributed by atoms with Crippen molar-refractivity contribution >= 4 is 114 Å². The Kier molecular flexibility index (Phi) is 12.2. The number of nitrogens with zero attached hydrogens (tertiary/aromatic N) is 8. The highest BCUT2D eigenvalue weighted by Gasteiger charge is 2.26. The minimum atomic E-state index is -5.19. The van der Waals surface area contributed by atoms with Crippen molar-refractivity contribution < 1.29 is 61.4 Å². The van der Waals surface area contributed by atoms with Gasteiger partial charge in [-0.1, -0.05) is 12.1 Å². The molecule has 1 aliphatic rings. The molecule has 0 radical (unpaired) electrons. The van der Waals surface area contributed by atoms with Gasteiger partial charge in [0.25, 0.3) is 40.5 Å². The second-order valence-corrected chi connectivity index (χ2v) is 19.3. The number of aromatic nitrogens is 3. The smallest absolute Gasteiger partial charge is 0.296 e. The number of rotatable bonds is 12. The first kappa shape index (κ1) is 45.2. The molecule has 0 saturated carbocycles. The van der Waals surface area contributed by atoms with Crippen LogP contribution in [0.25, 0.3) is 21.5 Å².